The van der Waals surface area contributed by atoms with Crippen molar-refractivity contribution in [3.05, 3.63) is 11.7 Å². The molecule has 2 rings (SSSR count). The molecule has 1 fully saturated rings. The van der Waals surface area contributed by atoms with Crippen LogP contribution in [0.1, 0.15) is 51.9 Å². The van der Waals surface area contributed by atoms with Gasteiger partial charge in [-0.25, -0.2) is 0 Å². The summed E-state index contributed by atoms with van der Waals surface area (Å²) in [4.78, 5) is 6.81. The maximum atomic E-state index is 6.16. The van der Waals surface area contributed by atoms with Gasteiger partial charge in [0.2, 0.25) is 5.89 Å². The Morgan fingerprint density at radius 2 is 2.21 bits per heavy atom. The van der Waals surface area contributed by atoms with Gasteiger partial charge in [0.25, 0.3) is 0 Å². The quantitative estimate of drug-likeness (QED) is 0.923. The number of piperidine rings is 1. The van der Waals surface area contributed by atoms with Crippen LogP contribution in [-0.2, 0) is 6.42 Å². The number of nitrogens with zero attached hydrogens (tertiary/aromatic N) is 3. The molecule has 2 heterocycles. The van der Waals surface area contributed by atoms with E-state index in [-0.39, 0.29) is 29.9 Å². The van der Waals surface area contributed by atoms with Gasteiger partial charge in [0.15, 0.2) is 5.82 Å². The number of hydrogen-bond donors (Lipinski definition) is 1. The van der Waals surface area contributed by atoms with Crippen LogP contribution >= 0.6 is 12.4 Å². The topological polar surface area (TPSA) is 68.2 Å². The maximum Gasteiger partial charge on any atom is 0.243 e. The van der Waals surface area contributed by atoms with E-state index in [1.165, 1.54) is 0 Å². The van der Waals surface area contributed by atoms with Crippen LogP contribution < -0.4 is 5.73 Å². The van der Waals surface area contributed by atoms with Crippen molar-refractivity contribution in [2.24, 2.45) is 11.1 Å². The largest absolute Gasteiger partial charge is 0.338 e. The molecule has 1 aliphatic heterocycles. The molecule has 0 radical (unpaired) electrons. The number of aryl methyl sites for hydroxylation is 1. The summed E-state index contributed by atoms with van der Waals surface area (Å²) in [5.74, 6) is 1.50. The summed E-state index contributed by atoms with van der Waals surface area (Å²) in [7, 11) is 0. The zero-order chi connectivity index (χ0) is 13.3. The second-order valence-corrected chi connectivity index (χ2v) is 5.93. The molecule has 0 spiro atoms. The Bertz CT molecular complexity index is 407. The lowest BCUT2D eigenvalue weighted by molar-refractivity contribution is 0.0549. The van der Waals surface area contributed by atoms with E-state index in [1.807, 2.05) is 6.92 Å². The van der Waals surface area contributed by atoms with E-state index in [0.717, 1.165) is 37.6 Å². The van der Waals surface area contributed by atoms with Crippen molar-refractivity contribution in [1.29, 1.82) is 0 Å². The molecule has 2 atom stereocenters. The summed E-state index contributed by atoms with van der Waals surface area (Å²) in [6, 6.07) is 0.444. The van der Waals surface area contributed by atoms with Crippen molar-refractivity contribution in [2.45, 2.75) is 52.6 Å². The molecule has 6 heteroatoms. The molecule has 1 saturated heterocycles. The predicted octanol–water partition coefficient (Wildman–Crippen LogP) is 2.17. The van der Waals surface area contributed by atoms with E-state index >= 15 is 0 Å². The molecule has 110 valence electrons. The molecular formula is C13H25ClN4O. The highest BCUT2D eigenvalue weighted by Crippen LogP contribution is 2.32. The first-order chi connectivity index (χ1) is 8.44. The van der Waals surface area contributed by atoms with E-state index in [2.05, 4.69) is 35.8 Å². The molecule has 1 aromatic heterocycles. The van der Waals surface area contributed by atoms with Crippen molar-refractivity contribution < 1.29 is 4.52 Å². The highest BCUT2D eigenvalue weighted by Gasteiger charge is 2.36. The molecule has 0 saturated carbocycles. The second kappa shape index (κ2) is 6.20. The Labute approximate surface area is 121 Å². The summed E-state index contributed by atoms with van der Waals surface area (Å²) < 4.78 is 5.33. The first-order valence-electron chi connectivity index (χ1n) is 6.76. The van der Waals surface area contributed by atoms with Crippen molar-refractivity contribution in [3.63, 3.8) is 0 Å². The van der Waals surface area contributed by atoms with Crippen LogP contribution in [0.25, 0.3) is 0 Å². The summed E-state index contributed by atoms with van der Waals surface area (Å²) in [5.41, 5.74) is 6.30. The monoisotopic (exact) mass is 288 g/mol. The maximum absolute atomic E-state index is 6.16. The molecule has 0 amide bonds. The molecule has 1 aromatic rings. The van der Waals surface area contributed by atoms with Gasteiger partial charge in [-0.05, 0) is 18.8 Å². The van der Waals surface area contributed by atoms with E-state index in [9.17, 15) is 0 Å². The van der Waals surface area contributed by atoms with Gasteiger partial charge >= 0.3 is 0 Å². The summed E-state index contributed by atoms with van der Waals surface area (Å²) >= 11 is 0. The predicted molar refractivity (Wildman–Crippen MR) is 77.3 cm³/mol. The minimum atomic E-state index is 0. The van der Waals surface area contributed by atoms with Crippen LogP contribution in [0.15, 0.2) is 4.52 Å². The van der Waals surface area contributed by atoms with Gasteiger partial charge in [-0.2, -0.15) is 4.98 Å². The van der Waals surface area contributed by atoms with Gasteiger partial charge < -0.3 is 10.3 Å². The summed E-state index contributed by atoms with van der Waals surface area (Å²) in [6.07, 6.45) is 1.83. The fraction of sp³-hybridized carbons (Fsp3) is 0.846. The molecule has 0 bridgehead atoms. The number of aromatic nitrogens is 2. The van der Waals surface area contributed by atoms with Crippen LogP contribution in [-0.4, -0.2) is 34.2 Å². The third-order valence-electron chi connectivity index (χ3n) is 4.05. The first-order valence-corrected chi connectivity index (χ1v) is 6.76. The molecule has 0 aliphatic carbocycles. The zero-order valence-corrected chi connectivity index (χ0v) is 13.0. The van der Waals surface area contributed by atoms with Gasteiger partial charge in [0.1, 0.15) is 0 Å². The molecule has 2 unspecified atom stereocenters. The molecule has 0 aromatic carbocycles. The van der Waals surface area contributed by atoms with Crippen LogP contribution in [0.3, 0.4) is 0 Å². The van der Waals surface area contributed by atoms with Crippen LogP contribution in [0.4, 0.5) is 0 Å². The van der Waals surface area contributed by atoms with E-state index < -0.39 is 0 Å². The lowest BCUT2D eigenvalue weighted by Gasteiger charge is -2.44. The van der Waals surface area contributed by atoms with Gasteiger partial charge in [-0.3, -0.25) is 4.90 Å². The SMILES string of the molecule is CCc1noc(C(C)N2CCC(N)C(C)(C)C2)n1.Cl. The van der Waals surface area contributed by atoms with Crippen LogP contribution in [0.2, 0.25) is 0 Å². The van der Waals surface area contributed by atoms with Crippen molar-refractivity contribution in [1.82, 2.24) is 15.0 Å². The van der Waals surface area contributed by atoms with E-state index in [4.69, 9.17) is 10.3 Å². The summed E-state index contributed by atoms with van der Waals surface area (Å²) in [6.45, 7) is 10.6. The fourth-order valence-electron chi connectivity index (χ4n) is 2.48. The Kier molecular flexibility index (Phi) is 5.35. The zero-order valence-electron chi connectivity index (χ0n) is 12.2. The van der Waals surface area contributed by atoms with Crippen molar-refractivity contribution in [2.75, 3.05) is 13.1 Å². The van der Waals surface area contributed by atoms with Gasteiger partial charge in [0, 0.05) is 25.6 Å². The van der Waals surface area contributed by atoms with Gasteiger partial charge in [-0.15, -0.1) is 12.4 Å². The minimum Gasteiger partial charge on any atom is -0.338 e. The number of hydrogen-bond acceptors (Lipinski definition) is 5. The van der Waals surface area contributed by atoms with E-state index in [0.29, 0.717) is 0 Å². The fourth-order valence-corrected chi connectivity index (χ4v) is 2.48. The average molecular weight is 289 g/mol. The Morgan fingerprint density at radius 1 is 1.53 bits per heavy atom. The molecule has 1 aliphatic rings. The molecular weight excluding hydrogens is 264 g/mol. The Hall–Kier alpha value is -0.650. The lowest BCUT2D eigenvalue weighted by Crippen LogP contribution is -2.52. The average Bonchev–Trinajstić information content (AvgIpc) is 2.80. The Morgan fingerprint density at radius 3 is 2.74 bits per heavy atom. The molecule has 2 N–H and O–H groups in total. The highest BCUT2D eigenvalue weighted by atomic mass is 35.5. The standard InChI is InChI=1S/C13H24N4O.ClH/c1-5-11-15-12(18-16-11)9(2)17-7-6-10(14)13(3,4)8-17;/h9-10H,5-8,14H2,1-4H3;1H. The smallest absolute Gasteiger partial charge is 0.243 e. The van der Waals surface area contributed by atoms with E-state index in [1.54, 1.807) is 0 Å². The summed E-state index contributed by atoms with van der Waals surface area (Å²) in [5, 5.41) is 3.96. The minimum absolute atomic E-state index is 0. The third-order valence-corrected chi connectivity index (χ3v) is 4.05. The number of halogens is 1. The number of likely N-dealkylation sites (tertiary alicyclic amines) is 1. The Balaban J connectivity index is 0.00000180. The first kappa shape index (κ1) is 16.4. The number of nitrogens with two attached hydrogens (primary N) is 1. The van der Waals surface area contributed by atoms with Gasteiger partial charge in [0.05, 0.1) is 6.04 Å². The third kappa shape index (κ3) is 3.46. The lowest BCUT2D eigenvalue weighted by atomic mass is 9.79. The van der Waals surface area contributed by atoms with Gasteiger partial charge in [-0.1, -0.05) is 25.9 Å². The van der Waals surface area contributed by atoms with Crippen molar-refractivity contribution in [3.8, 4) is 0 Å². The molecule has 19 heavy (non-hydrogen) atoms. The highest BCUT2D eigenvalue weighted by molar-refractivity contribution is 5.85. The van der Waals surface area contributed by atoms with Crippen LogP contribution in [0.5, 0.6) is 0 Å². The normalized spacial score (nSPS) is 24.8. The number of rotatable bonds is 3. The van der Waals surface area contributed by atoms with Crippen LogP contribution in [0, 0.1) is 5.41 Å². The molecule has 5 nitrogen and oxygen atoms in total. The second-order valence-electron chi connectivity index (χ2n) is 5.93. The van der Waals surface area contributed by atoms with Crippen molar-refractivity contribution >= 4 is 12.4 Å².